The second kappa shape index (κ2) is 6.50. The minimum Gasteiger partial charge on any atom is -0.423 e. The van der Waals surface area contributed by atoms with E-state index in [0.29, 0.717) is 5.89 Å². The van der Waals surface area contributed by atoms with Gasteiger partial charge >= 0.3 is 6.03 Å². The summed E-state index contributed by atoms with van der Waals surface area (Å²) in [4.78, 5) is 11.8. The van der Waals surface area contributed by atoms with E-state index in [1.54, 1.807) is 6.92 Å². The lowest BCUT2D eigenvalue weighted by Gasteiger charge is -2.11. The molecule has 1 atom stereocenters. The number of nitrogens with zero attached hydrogens (tertiary/aromatic N) is 2. The molecular formula is C14H16F2N4O2. The molecule has 0 unspecified atom stereocenters. The third kappa shape index (κ3) is 4.00. The van der Waals surface area contributed by atoms with Crippen LogP contribution in [0.4, 0.5) is 19.3 Å². The van der Waals surface area contributed by atoms with Crippen LogP contribution in [0.25, 0.3) is 0 Å². The summed E-state index contributed by atoms with van der Waals surface area (Å²) in [6, 6.07) is 1.56. The molecule has 0 spiro atoms. The third-order valence-electron chi connectivity index (χ3n) is 2.79. The van der Waals surface area contributed by atoms with Crippen LogP contribution in [0.3, 0.4) is 0 Å². The van der Waals surface area contributed by atoms with Crippen LogP contribution in [0.2, 0.25) is 0 Å². The number of amides is 2. The van der Waals surface area contributed by atoms with Crippen molar-refractivity contribution in [1.82, 2.24) is 15.5 Å². The fraction of sp³-hybridized carbons (Fsp3) is 0.357. The van der Waals surface area contributed by atoms with Crippen LogP contribution in [0.1, 0.15) is 44.5 Å². The zero-order chi connectivity index (χ0) is 16.3. The molecule has 118 valence electrons. The third-order valence-corrected chi connectivity index (χ3v) is 2.79. The van der Waals surface area contributed by atoms with Crippen LogP contribution in [0.5, 0.6) is 0 Å². The van der Waals surface area contributed by atoms with E-state index < -0.39 is 23.7 Å². The van der Waals surface area contributed by atoms with Crippen molar-refractivity contribution in [2.24, 2.45) is 0 Å². The summed E-state index contributed by atoms with van der Waals surface area (Å²) in [6.07, 6.45) is 0. The van der Waals surface area contributed by atoms with Gasteiger partial charge < -0.3 is 15.1 Å². The Labute approximate surface area is 125 Å². The lowest BCUT2D eigenvalue weighted by Crippen LogP contribution is -2.31. The quantitative estimate of drug-likeness (QED) is 0.907. The highest BCUT2D eigenvalue weighted by atomic mass is 19.1. The molecule has 6 nitrogen and oxygen atoms in total. The van der Waals surface area contributed by atoms with Gasteiger partial charge in [0.05, 0.1) is 0 Å². The molecular weight excluding hydrogens is 294 g/mol. The molecule has 0 radical (unpaired) electrons. The minimum atomic E-state index is -0.776. The predicted octanol–water partition coefficient (Wildman–Crippen LogP) is 3.35. The van der Waals surface area contributed by atoms with Gasteiger partial charge in [0.2, 0.25) is 11.8 Å². The molecule has 2 rings (SSSR count). The summed E-state index contributed by atoms with van der Waals surface area (Å²) < 4.78 is 31.5. The van der Waals surface area contributed by atoms with E-state index >= 15 is 0 Å². The maximum atomic E-state index is 13.0. The van der Waals surface area contributed by atoms with E-state index in [0.717, 1.165) is 18.2 Å². The molecule has 22 heavy (non-hydrogen) atoms. The van der Waals surface area contributed by atoms with E-state index in [-0.39, 0.29) is 17.5 Å². The van der Waals surface area contributed by atoms with Crippen LogP contribution in [-0.2, 0) is 0 Å². The molecule has 2 aromatic rings. The molecule has 0 aliphatic heterocycles. The number of halogens is 2. The normalized spacial score (nSPS) is 12.3. The zero-order valence-electron chi connectivity index (χ0n) is 12.4. The Morgan fingerprint density at radius 2 is 1.68 bits per heavy atom. The molecule has 0 aliphatic rings. The molecule has 0 fully saturated rings. The number of carbonyl (C=O) groups is 1. The summed E-state index contributed by atoms with van der Waals surface area (Å²) >= 11 is 0. The van der Waals surface area contributed by atoms with Crippen LogP contribution in [-0.4, -0.2) is 16.2 Å². The molecule has 0 aliphatic carbocycles. The molecule has 0 saturated carbocycles. The zero-order valence-corrected chi connectivity index (χ0v) is 12.4. The lowest BCUT2D eigenvalue weighted by molar-refractivity contribution is 0.246. The summed E-state index contributed by atoms with van der Waals surface area (Å²) in [5, 5.41) is 12.6. The topological polar surface area (TPSA) is 80.0 Å². The largest absolute Gasteiger partial charge is 0.423 e. The monoisotopic (exact) mass is 310 g/mol. The number of hydrogen-bond donors (Lipinski definition) is 2. The lowest BCUT2D eigenvalue weighted by atomic mass is 10.2. The van der Waals surface area contributed by atoms with Crippen molar-refractivity contribution in [3.63, 3.8) is 0 Å². The van der Waals surface area contributed by atoms with Crippen LogP contribution >= 0.6 is 0 Å². The second-order valence-corrected chi connectivity index (χ2v) is 5.11. The highest BCUT2D eigenvalue weighted by molar-refractivity contribution is 5.89. The first-order valence-corrected chi connectivity index (χ1v) is 6.72. The first-order valence-electron chi connectivity index (χ1n) is 6.72. The summed E-state index contributed by atoms with van der Waals surface area (Å²) in [6.45, 7) is 5.46. The Morgan fingerprint density at radius 3 is 2.23 bits per heavy atom. The van der Waals surface area contributed by atoms with E-state index in [1.807, 2.05) is 13.8 Å². The summed E-state index contributed by atoms with van der Waals surface area (Å²) in [5.74, 6) is -0.748. The van der Waals surface area contributed by atoms with Gasteiger partial charge in [0, 0.05) is 17.7 Å². The SMILES string of the molecule is CC(C)c1nnc([C@H](C)NC(=O)Nc2cc(F)cc(F)c2)o1. The number of rotatable bonds is 4. The van der Waals surface area contributed by atoms with E-state index in [2.05, 4.69) is 20.8 Å². The van der Waals surface area contributed by atoms with Gasteiger partial charge in [-0.25, -0.2) is 13.6 Å². The molecule has 0 saturated heterocycles. The van der Waals surface area contributed by atoms with Gasteiger partial charge in [0.1, 0.15) is 17.7 Å². The van der Waals surface area contributed by atoms with Gasteiger partial charge in [-0.05, 0) is 19.1 Å². The highest BCUT2D eigenvalue weighted by Gasteiger charge is 2.17. The maximum absolute atomic E-state index is 13.0. The van der Waals surface area contributed by atoms with Crippen molar-refractivity contribution in [3.05, 3.63) is 41.6 Å². The fourth-order valence-electron chi connectivity index (χ4n) is 1.71. The molecule has 8 heteroatoms. The molecule has 2 N–H and O–H groups in total. The Kier molecular flexibility index (Phi) is 4.69. The average Bonchev–Trinajstić information content (AvgIpc) is 2.86. The first kappa shape index (κ1) is 15.9. The molecule has 0 bridgehead atoms. The Balaban J connectivity index is 1.98. The number of urea groups is 1. The molecule has 1 heterocycles. The van der Waals surface area contributed by atoms with E-state index in [1.165, 1.54) is 0 Å². The van der Waals surface area contributed by atoms with Gasteiger partial charge in [-0.3, -0.25) is 0 Å². The van der Waals surface area contributed by atoms with Gasteiger partial charge in [-0.2, -0.15) is 0 Å². The molecule has 2 amide bonds. The van der Waals surface area contributed by atoms with E-state index in [4.69, 9.17) is 4.42 Å². The summed E-state index contributed by atoms with van der Waals surface area (Å²) in [5.41, 5.74) is 0.00981. The Hall–Kier alpha value is -2.51. The average molecular weight is 310 g/mol. The molecule has 1 aromatic heterocycles. The number of benzene rings is 1. The second-order valence-electron chi connectivity index (χ2n) is 5.11. The van der Waals surface area contributed by atoms with Crippen molar-refractivity contribution in [2.45, 2.75) is 32.7 Å². The summed E-state index contributed by atoms with van der Waals surface area (Å²) in [7, 11) is 0. The van der Waals surface area contributed by atoms with Gasteiger partial charge in [-0.1, -0.05) is 13.8 Å². The van der Waals surface area contributed by atoms with Crippen LogP contribution < -0.4 is 10.6 Å². The van der Waals surface area contributed by atoms with Crippen molar-refractivity contribution < 1.29 is 18.0 Å². The van der Waals surface area contributed by atoms with Crippen molar-refractivity contribution in [2.75, 3.05) is 5.32 Å². The number of hydrogen-bond acceptors (Lipinski definition) is 4. The number of carbonyl (C=O) groups excluding carboxylic acids is 1. The van der Waals surface area contributed by atoms with Crippen molar-refractivity contribution >= 4 is 11.7 Å². The maximum Gasteiger partial charge on any atom is 0.319 e. The standard InChI is InChI=1S/C14H16F2N4O2/c1-7(2)12-19-20-13(22-12)8(3)17-14(21)18-11-5-9(15)4-10(16)6-11/h4-8H,1-3H3,(H2,17,18,21)/t8-/m0/s1. The first-order chi connectivity index (χ1) is 10.3. The predicted molar refractivity (Wildman–Crippen MR) is 75.3 cm³/mol. The van der Waals surface area contributed by atoms with Gasteiger partial charge in [0.15, 0.2) is 0 Å². The van der Waals surface area contributed by atoms with Gasteiger partial charge in [-0.15, -0.1) is 10.2 Å². The smallest absolute Gasteiger partial charge is 0.319 e. The van der Waals surface area contributed by atoms with Crippen molar-refractivity contribution in [1.29, 1.82) is 0 Å². The Morgan fingerprint density at radius 1 is 1.09 bits per heavy atom. The van der Waals surface area contributed by atoms with Crippen molar-refractivity contribution in [3.8, 4) is 0 Å². The van der Waals surface area contributed by atoms with E-state index in [9.17, 15) is 13.6 Å². The highest BCUT2D eigenvalue weighted by Crippen LogP contribution is 2.17. The number of nitrogens with one attached hydrogen (secondary N) is 2. The minimum absolute atomic E-state index is 0.00981. The van der Waals surface area contributed by atoms with Crippen LogP contribution in [0, 0.1) is 11.6 Å². The van der Waals surface area contributed by atoms with Crippen LogP contribution in [0.15, 0.2) is 22.6 Å². The van der Waals surface area contributed by atoms with Gasteiger partial charge in [0.25, 0.3) is 0 Å². The fourth-order valence-corrected chi connectivity index (χ4v) is 1.71. The Bertz CT molecular complexity index is 652. The molecule has 1 aromatic carbocycles. The number of anilines is 1. The number of aromatic nitrogens is 2.